The number of hydrogen-bond acceptors (Lipinski definition) is 3. The first-order valence-corrected chi connectivity index (χ1v) is 8.28. The lowest BCUT2D eigenvalue weighted by atomic mass is 9.93. The highest BCUT2D eigenvalue weighted by Gasteiger charge is 2.44. The quantitative estimate of drug-likeness (QED) is 0.694. The van der Waals surface area contributed by atoms with Crippen molar-refractivity contribution in [1.82, 2.24) is 10.2 Å². The van der Waals surface area contributed by atoms with Crippen LogP contribution in [-0.2, 0) is 6.42 Å². The molecular weight excluding hydrogens is 260 g/mol. The second-order valence-electron chi connectivity index (χ2n) is 6.49. The molecule has 0 radical (unpaired) electrons. The molecule has 0 amide bonds. The van der Waals surface area contributed by atoms with E-state index in [0.29, 0.717) is 5.92 Å². The molecule has 1 atom stereocenters. The number of likely N-dealkylation sites (N-methyl/N-ethyl adjacent to an activating group) is 1. The Kier molecular flexibility index (Phi) is 6.22. The Hall–Kier alpha value is -0.900. The molecule has 3 heteroatoms. The number of benzene rings is 1. The molecule has 1 aromatic carbocycles. The van der Waals surface area contributed by atoms with Crippen molar-refractivity contribution >= 4 is 0 Å². The summed E-state index contributed by atoms with van der Waals surface area (Å²) in [7, 11) is 2.17. The van der Waals surface area contributed by atoms with Gasteiger partial charge in [0.1, 0.15) is 0 Å². The van der Waals surface area contributed by atoms with Crippen molar-refractivity contribution in [2.75, 3.05) is 33.3 Å². The first kappa shape index (κ1) is 16.5. The standard InChI is InChI=1S/C18H30N2O/c1-3-12-19-18(15-21,17-9-10-17)14-20(2)13-11-16-7-5-4-6-8-16/h4-8,17,19,21H,3,9-15H2,1-2H3. The van der Waals surface area contributed by atoms with Crippen LogP contribution in [0.15, 0.2) is 30.3 Å². The van der Waals surface area contributed by atoms with E-state index in [1.165, 1.54) is 18.4 Å². The third kappa shape index (κ3) is 4.80. The molecule has 3 nitrogen and oxygen atoms in total. The van der Waals surface area contributed by atoms with Crippen LogP contribution in [0.2, 0.25) is 0 Å². The predicted molar refractivity (Wildman–Crippen MR) is 88.5 cm³/mol. The SMILES string of the molecule is CCCNC(CO)(CN(C)CCc1ccccc1)C1CC1. The smallest absolute Gasteiger partial charge is 0.0628 e. The highest BCUT2D eigenvalue weighted by molar-refractivity contribution is 5.15. The molecule has 118 valence electrons. The van der Waals surface area contributed by atoms with Crippen LogP contribution in [0.5, 0.6) is 0 Å². The Labute approximate surface area is 129 Å². The summed E-state index contributed by atoms with van der Waals surface area (Å²) < 4.78 is 0. The molecule has 2 N–H and O–H groups in total. The molecule has 1 unspecified atom stereocenters. The van der Waals surface area contributed by atoms with Gasteiger partial charge in [0.15, 0.2) is 0 Å². The maximum Gasteiger partial charge on any atom is 0.0628 e. The van der Waals surface area contributed by atoms with E-state index >= 15 is 0 Å². The lowest BCUT2D eigenvalue weighted by Crippen LogP contribution is -2.57. The summed E-state index contributed by atoms with van der Waals surface area (Å²) in [4.78, 5) is 2.37. The van der Waals surface area contributed by atoms with E-state index in [2.05, 4.69) is 54.5 Å². The van der Waals surface area contributed by atoms with Gasteiger partial charge in [-0.1, -0.05) is 37.3 Å². The van der Waals surface area contributed by atoms with Gasteiger partial charge in [-0.05, 0) is 50.8 Å². The molecule has 0 heterocycles. The van der Waals surface area contributed by atoms with Crippen molar-refractivity contribution in [2.45, 2.75) is 38.1 Å². The first-order chi connectivity index (χ1) is 10.2. The zero-order valence-electron chi connectivity index (χ0n) is 13.5. The third-order valence-electron chi connectivity index (χ3n) is 4.55. The lowest BCUT2D eigenvalue weighted by Gasteiger charge is -2.37. The van der Waals surface area contributed by atoms with Gasteiger partial charge in [-0.3, -0.25) is 0 Å². The van der Waals surface area contributed by atoms with E-state index in [-0.39, 0.29) is 12.1 Å². The maximum absolute atomic E-state index is 9.96. The molecule has 0 bridgehead atoms. The van der Waals surface area contributed by atoms with Crippen molar-refractivity contribution < 1.29 is 5.11 Å². The van der Waals surface area contributed by atoms with Crippen LogP contribution >= 0.6 is 0 Å². The maximum atomic E-state index is 9.96. The first-order valence-electron chi connectivity index (χ1n) is 8.28. The molecule has 2 rings (SSSR count). The summed E-state index contributed by atoms with van der Waals surface area (Å²) in [6, 6.07) is 10.6. The molecular formula is C18H30N2O. The fourth-order valence-corrected chi connectivity index (χ4v) is 3.10. The minimum atomic E-state index is -0.0958. The molecule has 1 aliphatic carbocycles. The molecule has 0 saturated heterocycles. The average Bonchev–Trinajstić information content (AvgIpc) is 3.36. The molecule has 1 aromatic rings. The number of aliphatic hydroxyl groups excluding tert-OH is 1. The van der Waals surface area contributed by atoms with Crippen molar-refractivity contribution in [3.8, 4) is 0 Å². The van der Waals surface area contributed by atoms with Crippen LogP contribution in [0, 0.1) is 5.92 Å². The Balaban J connectivity index is 1.87. The predicted octanol–water partition coefficient (Wildman–Crippen LogP) is 2.30. The van der Waals surface area contributed by atoms with Crippen molar-refractivity contribution in [1.29, 1.82) is 0 Å². The summed E-state index contributed by atoms with van der Waals surface area (Å²) in [5.41, 5.74) is 1.29. The topological polar surface area (TPSA) is 35.5 Å². The van der Waals surface area contributed by atoms with Crippen molar-refractivity contribution in [3.63, 3.8) is 0 Å². The average molecular weight is 290 g/mol. The van der Waals surface area contributed by atoms with Crippen LogP contribution in [0.25, 0.3) is 0 Å². The Morgan fingerprint density at radius 3 is 2.57 bits per heavy atom. The van der Waals surface area contributed by atoms with E-state index in [0.717, 1.165) is 32.5 Å². The number of hydrogen-bond donors (Lipinski definition) is 2. The highest BCUT2D eigenvalue weighted by atomic mass is 16.3. The second kappa shape index (κ2) is 7.92. The zero-order valence-corrected chi connectivity index (χ0v) is 13.5. The summed E-state index contributed by atoms with van der Waals surface area (Å²) >= 11 is 0. The fraction of sp³-hybridized carbons (Fsp3) is 0.667. The molecule has 1 aliphatic rings. The Morgan fingerprint density at radius 2 is 2.00 bits per heavy atom. The molecule has 0 aliphatic heterocycles. The van der Waals surface area contributed by atoms with Crippen LogP contribution in [0.1, 0.15) is 31.7 Å². The van der Waals surface area contributed by atoms with Gasteiger partial charge >= 0.3 is 0 Å². The van der Waals surface area contributed by atoms with Gasteiger partial charge in [0.05, 0.1) is 12.1 Å². The number of nitrogens with one attached hydrogen (secondary N) is 1. The largest absolute Gasteiger partial charge is 0.394 e. The van der Waals surface area contributed by atoms with E-state index in [1.54, 1.807) is 0 Å². The minimum absolute atomic E-state index is 0.0958. The van der Waals surface area contributed by atoms with Gasteiger partial charge < -0.3 is 15.3 Å². The normalized spacial score (nSPS) is 17.9. The van der Waals surface area contributed by atoms with Gasteiger partial charge in [-0.25, -0.2) is 0 Å². The summed E-state index contributed by atoms with van der Waals surface area (Å²) in [6.07, 6.45) is 4.69. The zero-order chi connectivity index (χ0) is 15.1. The van der Waals surface area contributed by atoms with Crippen molar-refractivity contribution in [3.05, 3.63) is 35.9 Å². The number of nitrogens with zero attached hydrogens (tertiary/aromatic N) is 1. The summed E-state index contributed by atoms with van der Waals surface area (Å²) in [5.74, 6) is 0.647. The van der Waals surface area contributed by atoms with Gasteiger partial charge in [0.2, 0.25) is 0 Å². The van der Waals surface area contributed by atoms with Gasteiger partial charge in [0.25, 0.3) is 0 Å². The monoisotopic (exact) mass is 290 g/mol. The summed E-state index contributed by atoms with van der Waals surface area (Å²) in [5, 5.41) is 13.6. The van der Waals surface area contributed by atoms with E-state index in [1.807, 2.05) is 0 Å². The minimum Gasteiger partial charge on any atom is -0.394 e. The van der Waals surface area contributed by atoms with E-state index in [4.69, 9.17) is 0 Å². The van der Waals surface area contributed by atoms with E-state index < -0.39 is 0 Å². The number of rotatable bonds is 10. The van der Waals surface area contributed by atoms with Gasteiger partial charge in [-0.2, -0.15) is 0 Å². The Morgan fingerprint density at radius 1 is 1.29 bits per heavy atom. The van der Waals surface area contributed by atoms with Crippen molar-refractivity contribution in [2.24, 2.45) is 5.92 Å². The second-order valence-corrected chi connectivity index (χ2v) is 6.49. The van der Waals surface area contributed by atoms with Crippen LogP contribution in [-0.4, -0.2) is 48.8 Å². The molecule has 21 heavy (non-hydrogen) atoms. The highest BCUT2D eigenvalue weighted by Crippen LogP contribution is 2.40. The summed E-state index contributed by atoms with van der Waals surface area (Å²) in [6.45, 7) is 5.38. The molecule has 0 aromatic heterocycles. The fourth-order valence-electron chi connectivity index (χ4n) is 3.10. The number of aliphatic hydroxyl groups is 1. The molecule has 1 fully saturated rings. The van der Waals surface area contributed by atoms with Gasteiger partial charge in [-0.15, -0.1) is 0 Å². The Bertz CT molecular complexity index is 405. The third-order valence-corrected chi connectivity index (χ3v) is 4.55. The molecule has 1 saturated carbocycles. The van der Waals surface area contributed by atoms with Crippen LogP contribution in [0.3, 0.4) is 0 Å². The molecule has 0 spiro atoms. The van der Waals surface area contributed by atoms with Gasteiger partial charge in [0, 0.05) is 13.1 Å². The lowest BCUT2D eigenvalue weighted by molar-refractivity contribution is 0.101. The van der Waals surface area contributed by atoms with Crippen LogP contribution < -0.4 is 5.32 Å². The van der Waals surface area contributed by atoms with Crippen LogP contribution in [0.4, 0.5) is 0 Å². The van der Waals surface area contributed by atoms with E-state index in [9.17, 15) is 5.11 Å².